The lowest BCUT2D eigenvalue weighted by atomic mass is 10.00. The molecule has 1 N–H and O–H groups in total. The van der Waals surface area contributed by atoms with Gasteiger partial charge >= 0.3 is 0 Å². The zero-order valence-corrected chi connectivity index (χ0v) is 17.9. The van der Waals surface area contributed by atoms with Gasteiger partial charge in [-0.15, -0.1) is 0 Å². The number of aromatic nitrogens is 3. The highest BCUT2D eigenvalue weighted by Gasteiger charge is 2.25. The Kier molecular flexibility index (Phi) is 5.88. The molecule has 0 bridgehead atoms. The minimum absolute atomic E-state index is 0.0751. The molecule has 1 atom stereocenters. The van der Waals surface area contributed by atoms with Crippen LogP contribution in [0.15, 0.2) is 42.7 Å². The van der Waals surface area contributed by atoms with Crippen LogP contribution in [0.25, 0.3) is 17.1 Å². The summed E-state index contributed by atoms with van der Waals surface area (Å²) in [4.78, 5) is 21.2. The maximum atomic E-state index is 13.6. The van der Waals surface area contributed by atoms with Crippen LogP contribution in [-0.2, 0) is 6.67 Å². The molecule has 2 aromatic heterocycles. The van der Waals surface area contributed by atoms with E-state index in [-0.39, 0.29) is 28.5 Å². The number of nitriles is 1. The minimum atomic E-state index is -0.856. The van der Waals surface area contributed by atoms with Gasteiger partial charge in [-0.2, -0.15) is 10.4 Å². The Bertz CT molecular complexity index is 1180. The number of carbonyl (C=O) groups excluding carboxylic acids is 1. The molecule has 3 aromatic rings. The molecule has 1 aliphatic rings. The van der Waals surface area contributed by atoms with Gasteiger partial charge in [0.1, 0.15) is 12.4 Å². The molecule has 4 rings (SSSR count). The number of pyridine rings is 1. The highest BCUT2D eigenvalue weighted by Crippen LogP contribution is 2.33. The summed E-state index contributed by atoms with van der Waals surface area (Å²) >= 11 is 0. The van der Waals surface area contributed by atoms with Gasteiger partial charge in [0.15, 0.2) is 11.6 Å². The van der Waals surface area contributed by atoms with Crippen molar-refractivity contribution >= 4 is 5.91 Å². The van der Waals surface area contributed by atoms with Crippen LogP contribution in [0, 0.1) is 11.3 Å². The number of hydrogen-bond donors (Lipinski definition) is 1. The van der Waals surface area contributed by atoms with Crippen LogP contribution in [-0.4, -0.2) is 68.3 Å². The first kappa shape index (κ1) is 21.5. The fourth-order valence-corrected chi connectivity index (χ4v) is 3.79. The molecule has 1 aromatic carbocycles. The normalized spacial score (nSPS) is 16.7. The summed E-state index contributed by atoms with van der Waals surface area (Å²) in [5.74, 6) is 0.158. The summed E-state index contributed by atoms with van der Waals surface area (Å²) in [5, 5.41) is 24.0. The van der Waals surface area contributed by atoms with Crippen LogP contribution in [0.2, 0.25) is 0 Å². The average Bonchev–Trinajstić information content (AvgIpc) is 3.21. The summed E-state index contributed by atoms with van der Waals surface area (Å²) in [7, 11) is 2.05. The topological polar surface area (TPSA) is 98.3 Å². The van der Waals surface area contributed by atoms with Crippen molar-refractivity contribution in [2.45, 2.75) is 19.6 Å². The molecule has 0 saturated carbocycles. The van der Waals surface area contributed by atoms with Crippen molar-refractivity contribution in [3.8, 4) is 28.9 Å². The van der Waals surface area contributed by atoms with Crippen LogP contribution < -0.4 is 0 Å². The number of amides is 1. The molecular weight excluding hydrogens is 411 g/mol. The van der Waals surface area contributed by atoms with E-state index in [0.29, 0.717) is 36.1 Å². The molecule has 9 heteroatoms. The molecule has 0 radical (unpaired) electrons. The maximum absolute atomic E-state index is 13.6. The number of rotatable bonds is 4. The third-order valence-electron chi connectivity index (χ3n) is 5.86. The Morgan fingerprint density at radius 2 is 2.12 bits per heavy atom. The lowest BCUT2D eigenvalue weighted by Gasteiger charge is -2.37. The van der Waals surface area contributed by atoms with Crippen LogP contribution in [0.4, 0.5) is 4.39 Å². The zero-order chi connectivity index (χ0) is 22.8. The lowest BCUT2D eigenvalue weighted by molar-refractivity contribution is 0.0572. The van der Waals surface area contributed by atoms with E-state index in [0.717, 1.165) is 6.54 Å². The van der Waals surface area contributed by atoms with Gasteiger partial charge in [-0.3, -0.25) is 4.79 Å². The summed E-state index contributed by atoms with van der Waals surface area (Å²) in [5.41, 5.74) is 1.34. The van der Waals surface area contributed by atoms with Crippen molar-refractivity contribution in [3.63, 3.8) is 0 Å². The van der Waals surface area contributed by atoms with E-state index in [2.05, 4.69) is 21.9 Å². The zero-order valence-electron chi connectivity index (χ0n) is 17.9. The first-order chi connectivity index (χ1) is 15.4. The Hall–Kier alpha value is -3.77. The van der Waals surface area contributed by atoms with E-state index in [1.54, 1.807) is 24.3 Å². The number of benzene rings is 1. The first-order valence-corrected chi connectivity index (χ1v) is 10.3. The molecule has 164 valence electrons. The molecule has 0 spiro atoms. The van der Waals surface area contributed by atoms with Crippen LogP contribution >= 0.6 is 0 Å². The minimum Gasteiger partial charge on any atom is -0.504 e. The van der Waals surface area contributed by atoms with E-state index in [4.69, 9.17) is 0 Å². The smallest absolute Gasteiger partial charge is 0.255 e. The first-order valence-electron chi connectivity index (χ1n) is 10.3. The van der Waals surface area contributed by atoms with Gasteiger partial charge in [-0.25, -0.2) is 14.1 Å². The third-order valence-corrected chi connectivity index (χ3v) is 5.86. The number of likely N-dealkylation sites (N-methyl/N-ethyl adjacent to an activating group) is 1. The second-order valence-corrected chi connectivity index (χ2v) is 7.87. The predicted molar refractivity (Wildman–Crippen MR) is 116 cm³/mol. The van der Waals surface area contributed by atoms with Gasteiger partial charge in [0.05, 0.1) is 23.4 Å². The third kappa shape index (κ3) is 3.92. The Morgan fingerprint density at radius 1 is 1.31 bits per heavy atom. The number of hydrogen-bond acceptors (Lipinski definition) is 6. The van der Waals surface area contributed by atoms with Crippen molar-refractivity contribution in [2.24, 2.45) is 0 Å². The van der Waals surface area contributed by atoms with Crippen molar-refractivity contribution in [3.05, 3.63) is 59.4 Å². The molecule has 1 fully saturated rings. The highest BCUT2D eigenvalue weighted by molar-refractivity contribution is 5.94. The number of halogens is 1. The molecule has 1 saturated heterocycles. The molecule has 1 aliphatic heterocycles. The molecule has 32 heavy (non-hydrogen) atoms. The fourth-order valence-electron chi connectivity index (χ4n) is 3.79. The van der Waals surface area contributed by atoms with Gasteiger partial charge in [-0.05, 0) is 32.2 Å². The Morgan fingerprint density at radius 3 is 2.78 bits per heavy atom. The number of carbonyl (C=O) groups is 1. The van der Waals surface area contributed by atoms with Gasteiger partial charge in [0, 0.05) is 43.0 Å². The maximum Gasteiger partial charge on any atom is 0.255 e. The monoisotopic (exact) mass is 434 g/mol. The van der Waals surface area contributed by atoms with E-state index >= 15 is 0 Å². The van der Waals surface area contributed by atoms with Gasteiger partial charge in [-0.1, -0.05) is 12.1 Å². The molecule has 1 amide bonds. The van der Waals surface area contributed by atoms with Crippen LogP contribution in [0.5, 0.6) is 5.75 Å². The number of alkyl halides is 1. The van der Waals surface area contributed by atoms with Gasteiger partial charge in [0.2, 0.25) is 0 Å². The van der Waals surface area contributed by atoms with Gasteiger partial charge in [0.25, 0.3) is 5.91 Å². The van der Waals surface area contributed by atoms with Crippen molar-refractivity contribution in [1.82, 2.24) is 24.6 Å². The fraction of sp³-hybridized carbons (Fsp3) is 0.304. The molecule has 0 aliphatic carbocycles. The average molecular weight is 434 g/mol. The number of piperazine rings is 1. The van der Waals surface area contributed by atoms with E-state index < -0.39 is 6.67 Å². The van der Waals surface area contributed by atoms with Crippen LogP contribution in [0.3, 0.4) is 0 Å². The summed E-state index contributed by atoms with van der Waals surface area (Å²) in [6.45, 7) is 3.37. The Balaban J connectivity index is 1.59. The van der Waals surface area contributed by atoms with E-state index in [1.807, 2.05) is 18.0 Å². The van der Waals surface area contributed by atoms with Crippen LogP contribution in [0.1, 0.15) is 28.4 Å². The molecule has 3 heterocycles. The second-order valence-electron chi connectivity index (χ2n) is 7.87. The lowest BCUT2D eigenvalue weighted by Crippen LogP contribution is -2.52. The largest absolute Gasteiger partial charge is 0.504 e. The standard InChI is InChI=1S/C23H23FN6O2/c1-15-13-29(9-8-28(15)2)23(32)17-6-7-21(26-12-17)30-14-20(31)22(27-30)18-5-3-4-16(11-25)19(18)10-24/h3-7,12,14-15,31H,8-10,13H2,1-2H3/t15-/m1/s1. The van der Waals surface area contributed by atoms with Gasteiger partial charge < -0.3 is 14.9 Å². The number of nitrogens with zero attached hydrogens (tertiary/aromatic N) is 6. The molecule has 0 unspecified atom stereocenters. The summed E-state index contributed by atoms with van der Waals surface area (Å²) < 4.78 is 14.9. The number of aromatic hydroxyl groups is 1. The molecule has 8 nitrogen and oxygen atoms in total. The summed E-state index contributed by atoms with van der Waals surface area (Å²) in [6, 6.07) is 10.3. The quantitative estimate of drug-likeness (QED) is 0.678. The Labute approximate surface area is 185 Å². The highest BCUT2D eigenvalue weighted by atomic mass is 19.1. The van der Waals surface area contributed by atoms with E-state index in [9.17, 15) is 19.6 Å². The predicted octanol–water partition coefficient (Wildman–Crippen LogP) is 2.76. The van der Waals surface area contributed by atoms with Crippen molar-refractivity contribution in [2.75, 3.05) is 26.7 Å². The molecular formula is C23H23FN6O2. The second kappa shape index (κ2) is 8.77. The van der Waals surface area contributed by atoms with E-state index in [1.165, 1.54) is 23.1 Å². The SMILES string of the molecule is C[C@@H]1CN(C(=O)c2ccc(-n3cc(O)c(-c4cccc(C#N)c4CF)n3)nc2)CCN1C. The summed E-state index contributed by atoms with van der Waals surface area (Å²) in [6.07, 6.45) is 2.85. The van der Waals surface area contributed by atoms with Crippen molar-refractivity contribution in [1.29, 1.82) is 5.26 Å². The van der Waals surface area contributed by atoms with Crippen molar-refractivity contribution < 1.29 is 14.3 Å².